The zero-order valence-corrected chi connectivity index (χ0v) is 9.82. The molecule has 0 heterocycles. The monoisotopic (exact) mass is 257 g/mol. The van der Waals surface area contributed by atoms with Gasteiger partial charge in [-0.05, 0) is 42.5 Å². The van der Waals surface area contributed by atoms with Crippen LogP contribution in [0.25, 0.3) is 0 Å². The lowest BCUT2D eigenvalue weighted by Crippen LogP contribution is -1.94. The first-order chi connectivity index (χ1) is 9.06. The highest BCUT2D eigenvalue weighted by atomic mass is 16.4. The van der Waals surface area contributed by atoms with Crippen molar-refractivity contribution < 1.29 is 20.1 Å². The van der Waals surface area contributed by atoms with Gasteiger partial charge in [0.1, 0.15) is 11.5 Å². The number of carboxylic acids is 1. The molecule has 0 aliphatic heterocycles. The number of nitrogens with zero attached hydrogens (tertiary/aromatic N) is 1. The molecule has 96 valence electrons. The predicted octanol–water partition coefficient (Wildman–Crippen LogP) is 2.55. The van der Waals surface area contributed by atoms with E-state index in [-0.39, 0.29) is 17.1 Å². The van der Waals surface area contributed by atoms with Gasteiger partial charge < -0.3 is 15.3 Å². The van der Waals surface area contributed by atoms with Crippen LogP contribution >= 0.6 is 0 Å². The first-order valence-electron chi connectivity index (χ1n) is 5.45. The summed E-state index contributed by atoms with van der Waals surface area (Å²) in [5, 5.41) is 27.6. The molecule has 0 aliphatic carbocycles. The highest BCUT2D eigenvalue weighted by Crippen LogP contribution is 2.21. The van der Waals surface area contributed by atoms with E-state index in [1.807, 2.05) is 0 Å². The third kappa shape index (κ3) is 3.10. The maximum Gasteiger partial charge on any atom is 0.335 e. The standard InChI is InChI=1S/C14H11NO4/c16-12-5-6-13(17)10(7-12)8-15-11-3-1-9(2-4-11)14(18)19/h1-8,16-17H,(H,18,19). The average molecular weight is 257 g/mol. The first kappa shape index (κ1) is 12.6. The first-order valence-corrected chi connectivity index (χ1v) is 5.45. The van der Waals surface area contributed by atoms with E-state index < -0.39 is 5.97 Å². The molecule has 0 radical (unpaired) electrons. The predicted molar refractivity (Wildman–Crippen MR) is 70.4 cm³/mol. The van der Waals surface area contributed by atoms with Gasteiger partial charge in [-0.15, -0.1) is 0 Å². The smallest absolute Gasteiger partial charge is 0.335 e. The number of aliphatic imine (C=N–C) groups is 1. The molecule has 19 heavy (non-hydrogen) atoms. The number of phenolic OH excluding ortho intramolecular Hbond substituents is 2. The van der Waals surface area contributed by atoms with E-state index in [1.54, 1.807) is 12.1 Å². The van der Waals surface area contributed by atoms with Gasteiger partial charge in [0.2, 0.25) is 0 Å². The molecule has 0 spiro atoms. The van der Waals surface area contributed by atoms with E-state index in [0.29, 0.717) is 11.3 Å². The van der Waals surface area contributed by atoms with Crippen LogP contribution in [0.5, 0.6) is 11.5 Å². The summed E-state index contributed by atoms with van der Waals surface area (Å²) in [5.74, 6) is -0.967. The van der Waals surface area contributed by atoms with Crippen molar-refractivity contribution in [3.8, 4) is 11.5 Å². The minimum Gasteiger partial charge on any atom is -0.508 e. The lowest BCUT2D eigenvalue weighted by Gasteiger charge is -1.99. The van der Waals surface area contributed by atoms with Crippen LogP contribution in [0.15, 0.2) is 47.5 Å². The van der Waals surface area contributed by atoms with Crippen molar-refractivity contribution in [3.05, 3.63) is 53.6 Å². The summed E-state index contributed by atoms with van der Waals surface area (Å²) < 4.78 is 0. The average Bonchev–Trinajstić information content (AvgIpc) is 2.40. The van der Waals surface area contributed by atoms with Crippen molar-refractivity contribution in [2.75, 3.05) is 0 Å². The topological polar surface area (TPSA) is 90.1 Å². The van der Waals surface area contributed by atoms with Gasteiger partial charge in [-0.3, -0.25) is 4.99 Å². The number of phenols is 2. The molecule has 2 aromatic rings. The van der Waals surface area contributed by atoms with Crippen LogP contribution in [0.1, 0.15) is 15.9 Å². The van der Waals surface area contributed by atoms with Gasteiger partial charge in [-0.2, -0.15) is 0 Å². The summed E-state index contributed by atoms with van der Waals surface area (Å²) >= 11 is 0. The SMILES string of the molecule is O=C(O)c1ccc(N=Cc2cc(O)ccc2O)cc1. The van der Waals surface area contributed by atoms with Gasteiger partial charge in [0.05, 0.1) is 11.3 Å². The number of aromatic carboxylic acids is 1. The maximum absolute atomic E-state index is 10.7. The number of hydrogen-bond acceptors (Lipinski definition) is 4. The molecule has 0 bridgehead atoms. The highest BCUT2D eigenvalue weighted by molar-refractivity contribution is 5.89. The molecule has 0 saturated carbocycles. The molecule has 0 amide bonds. The zero-order valence-electron chi connectivity index (χ0n) is 9.82. The molecule has 0 fully saturated rings. The Morgan fingerprint density at radius 3 is 2.37 bits per heavy atom. The minimum atomic E-state index is -0.999. The Morgan fingerprint density at radius 2 is 1.74 bits per heavy atom. The van der Waals surface area contributed by atoms with Crippen molar-refractivity contribution in [2.45, 2.75) is 0 Å². The van der Waals surface area contributed by atoms with Crippen molar-refractivity contribution >= 4 is 17.9 Å². The lowest BCUT2D eigenvalue weighted by atomic mass is 10.2. The number of hydrogen-bond donors (Lipinski definition) is 3. The highest BCUT2D eigenvalue weighted by Gasteiger charge is 2.02. The maximum atomic E-state index is 10.7. The Kier molecular flexibility index (Phi) is 3.47. The summed E-state index contributed by atoms with van der Waals surface area (Å²) in [6, 6.07) is 10.1. The number of benzene rings is 2. The van der Waals surface area contributed by atoms with Crippen LogP contribution in [0.2, 0.25) is 0 Å². The second-order valence-electron chi connectivity index (χ2n) is 3.85. The molecule has 0 unspecified atom stereocenters. The van der Waals surface area contributed by atoms with Gasteiger partial charge >= 0.3 is 5.97 Å². The van der Waals surface area contributed by atoms with Crippen LogP contribution in [0.3, 0.4) is 0 Å². The molecular formula is C14H11NO4. The summed E-state index contributed by atoms with van der Waals surface area (Å²) in [5.41, 5.74) is 1.11. The van der Waals surface area contributed by atoms with Crippen LogP contribution in [0, 0.1) is 0 Å². The number of rotatable bonds is 3. The van der Waals surface area contributed by atoms with Gasteiger partial charge in [-0.25, -0.2) is 4.79 Å². The number of carboxylic acid groups (broad SMARTS) is 1. The third-order valence-corrected chi connectivity index (χ3v) is 2.48. The third-order valence-electron chi connectivity index (χ3n) is 2.48. The number of carbonyl (C=O) groups is 1. The molecule has 0 saturated heterocycles. The van der Waals surface area contributed by atoms with Gasteiger partial charge in [0.25, 0.3) is 0 Å². The van der Waals surface area contributed by atoms with Crippen LogP contribution in [0.4, 0.5) is 5.69 Å². The van der Waals surface area contributed by atoms with Crippen LogP contribution < -0.4 is 0 Å². The summed E-state index contributed by atoms with van der Waals surface area (Å²) in [7, 11) is 0. The fourth-order valence-corrected chi connectivity index (χ4v) is 1.48. The fraction of sp³-hybridized carbons (Fsp3) is 0. The molecule has 0 aromatic heterocycles. The van der Waals surface area contributed by atoms with E-state index in [4.69, 9.17) is 5.11 Å². The van der Waals surface area contributed by atoms with Crippen molar-refractivity contribution in [3.63, 3.8) is 0 Å². The van der Waals surface area contributed by atoms with Gasteiger partial charge in [0, 0.05) is 11.8 Å². The molecule has 5 nitrogen and oxygen atoms in total. The van der Waals surface area contributed by atoms with E-state index in [0.717, 1.165) is 0 Å². The molecule has 3 N–H and O–H groups in total. The summed E-state index contributed by atoms with van der Waals surface area (Å²) in [6.45, 7) is 0. The Morgan fingerprint density at radius 1 is 1.05 bits per heavy atom. The van der Waals surface area contributed by atoms with E-state index in [1.165, 1.54) is 36.5 Å². The second-order valence-corrected chi connectivity index (χ2v) is 3.85. The van der Waals surface area contributed by atoms with E-state index in [2.05, 4.69) is 4.99 Å². The molecule has 2 rings (SSSR count). The molecule has 2 aromatic carbocycles. The van der Waals surface area contributed by atoms with Crippen molar-refractivity contribution in [1.82, 2.24) is 0 Å². The van der Waals surface area contributed by atoms with Gasteiger partial charge in [-0.1, -0.05) is 0 Å². The zero-order chi connectivity index (χ0) is 13.8. The Bertz CT molecular complexity index is 632. The second kappa shape index (κ2) is 5.22. The molecule has 5 heteroatoms. The Labute approximate surface area is 109 Å². The fourth-order valence-electron chi connectivity index (χ4n) is 1.48. The summed E-state index contributed by atoms with van der Waals surface area (Å²) in [4.78, 5) is 14.8. The van der Waals surface area contributed by atoms with Crippen LogP contribution in [-0.4, -0.2) is 27.5 Å². The summed E-state index contributed by atoms with van der Waals surface area (Å²) in [6.07, 6.45) is 1.39. The molecule has 0 atom stereocenters. The largest absolute Gasteiger partial charge is 0.508 e. The quantitative estimate of drug-likeness (QED) is 0.582. The Balaban J connectivity index is 2.22. The van der Waals surface area contributed by atoms with E-state index >= 15 is 0 Å². The van der Waals surface area contributed by atoms with E-state index in [9.17, 15) is 15.0 Å². The van der Waals surface area contributed by atoms with Gasteiger partial charge in [0.15, 0.2) is 0 Å². The van der Waals surface area contributed by atoms with Crippen LogP contribution in [-0.2, 0) is 0 Å². The Hall–Kier alpha value is -2.82. The molecule has 0 aliphatic rings. The minimum absolute atomic E-state index is 0.00343. The lowest BCUT2D eigenvalue weighted by molar-refractivity contribution is 0.0697. The number of aromatic hydroxyl groups is 2. The normalized spacial score (nSPS) is 10.7. The molecular weight excluding hydrogens is 246 g/mol. The van der Waals surface area contributed by atoms with Crippen molar-refractivity contribution in [2.24, 2.45) is 4.99 Å². The van der Waals surface area contributed by atoms with Crippen molar-refractivity contribution in [1.29, 1.82) is 0 Å².